The number of aromatic nitrogens is 2. The number of nitrogen functional groups attached to an aromatic ring is 1. The summed E-state index contributed by atoms with van der Waals surface area (Å²) in [7, 11) is 0. The molecule has 0 saturated heterocycles. The molecular weight excluding hydrogens is 426 g/mol. The minimum absolute atomic E-state index is 0.0147. The van der Waals surface area contributed by atoms with E-state index in [1.807, 2.05) is 0 Å². The average molecular weight is 458 g/mol. The molecule has 9 heteroatoms. The molecular formula is C23H32ClN7O. The highest BCUT2D eigenvalue weighted by molar-refractivity contribution is 6.30. The van der Waals surface area contributed by atoms with Crippen LogP contribution in [-0.2, 0) is 6.42 Å². The summed E-state index contributed by atoms with van der Waals surface area (Å²) in [5, 5.41) is 18.8. The van der Waals surface area contributed by atoms with Crippen LogP contribution in [0.15, 0.2) is 24.3 Å². The molecule has 8 nitrogen and oxygen atoms in total. The fourth-order valence-electron chi connectivity index (χ4n) is 3.23. The first-order valence-corrected chi connectivity index (χ1v) is 11.2. The second-order valence-corrected chi connectivity index (χ2v) is 8.21. The van der Waals surface area contributed by atoms with E-state index < -0.39 is 0 Å². The number of Topliss-reactive ketones (excluding diaryl/α,β-unsaturated/α-hetero) is 1. The van der Waals surface area contributed by atoms with Gasteiger partial charge in [0.25, 0.3) is 0 Å². The van der Waals surface area contributed by atoms with E-state index in [4.69, 9.17) is 33.9 Å². The molecule has 0 amide bonds. The Bertz CT molecular complexity index is 944. The number of unbranched alkanes of at least 4 members (excludes halogenated alkanes) is 2. The number of carbonyl (C=O) groups is 1. The van der Waals surface area contributed by atoms with Crippen LogP contribution in [0.5, 0.6) is 0 Å². The zero-order chi connectivity index (χ0) is 23.5. The van der Waals surface area contributed by atoms with Gasteiger partial charge in [0.1, 0.15) is 0 Å². The van der Waals surface area contributed by atoms with Crippen LogP contribution in [0.4, 0.5) is 11.5 Å². The Balaban J connectivity index is 1.64. The lowest BCUT2D eigenvalue weighted by atomic mass is 10.0. The molecule has 0 saturated carbocycles. The predicted octanol–water partition coefficient (Wildman–Crippen LogP) is 4.54. The minimum atomic E-state index is -0.322. The van der Waals surface area contributed by atoms with Gasteiger partial charge in [-0.1, -0.05) is 30.2 Å². The van der Waals surface area contributed by atoms with E-state index in [9.17, 15) is 4.79 Å². The van der Waals surface area contributed by atoms with Gasteiger partial charge in [-0.2, -0.15) is 0 Å². The Kier molecular flexibility index (Phi) is 10.1. The third kappa shape index (κ3) is 8.63. The van der Waals surface area contributed by atoms with Crippen molar-refractivity contribution < 1.29 is 4.79 Å². The van der Waals surface area contributed by atoms with E-state index in [1.165, 1.54) is 5.56 Å². The second kappa shape index (κ2) is 12.8. The summed E-state index contributed by atoms with van der Waals surface area (Å²) in [4.78, 5) is 20.4. The molecule has 2 aromatic rings. The summed E-state index contributed by atoms with van der Waals surface area (Å²) in [6.07, 6.45) is 5.86. The zero-order valence-electron chi connectivity index (χ0n) is 18.5. The van der Waals surface area contributed by atoms with Crippen molar-refractivity contribution in [2.45, 2.75) is 58.3 Å². The molecule has 7 N–H and O–H groups in total. The van der Waals surface area contributed by atoms with Gasteiger partial charge in [-0.05, 0) is 56.7 Å². The van der Waals surface area contributed by atoms with E-state index in [-0.39, 0.29) is 34.7 Å². The lowest BCUT2D eigenvalue weighted by Crippen LogP contribution is -2.13. The molecule has 0 atom stereocenters. The van der Waals surface area contributed by atoms with Crippen molar-refractivity contribution >= 4 is 40.4 Å². The quantitative estimate of drug-likeness (QED) is 0.121. The number of nitrogens with two attached hydrogens (primary N) is 2. The molecule has 0 unspecified atom stereocenters. The number of anilines is 2. The van der Waals surface area contributed by atoms with Gasteiger partial charge in [-0.3, -0.25) is 10.2 Å². The van der Waals surface area contributed by atoms with Crippen LogP contribution in [0.2, 0.25) is 5.15 Å². The number of nitrogens with one attached hydrogen (secondary N) is 3. The minimum Gasteiger partial charge on any atom is -0.388 e. The van der Waals surface area contributed by atoms with Gasteiger partial charge in [-0.25, -0.2) is 9.97 Å². The summed E-state index contributed by atoms with van der Waals surface area (Å²) in [5.74, 6) is -0.0436. The van der Waals surface area contributed by atoms with Gasteiger partial charge in [0.2, 0.25) is 0 Å². The molecule has 1 aromatic carbocycles. The lowest BCUT2D eigenvalue weighted by Gasteiger charge is -2.08. The van der Waals surface area contributed by atoms with E-state index in [0.717, 1.165) is 44.3 Å². The largest absolute Gasteiger partial charge is 0.388 e. The van der Waals surface area contributed by atoms with Crippen molar-refractivity contribution in [2.24, 2.45) is 5.73 Å². The second-order valence-electron chi connectivity index (χ2n) is 7.85. The normalized spacial score (nSPS) is 10.7. The molecule has 0 aliphatic rings. The van der Waals surface area contributed by atoms with Gasteiger partial charge in [0.15, 0.2) is 22.4 Å². The molecule has 1 aromatic heterocycles. The van der Waals surface area contributed by atoms with Crippen LogP contribution in [0.25, 0.3) is 0 Å². The first-order chi connectivity index (χ1) is 15.3. The molecule has 0 fully saturated rings. The smallest absolute Gasteiger partial charge is 0.190 e. The molecule has 0 aliphatic heterocycles. The van der Waals surface area contributed by atoms with Crippen molar-refractivity contribution in [1.82, 2.24) is 9.97 Å². The summed E-state index contributed by atoms with van der Waals surface area (Å²) < 4.78 is 0. The maximum atomic E-state index is 12.4. The standard InChI is InChI=1S/C23H32ClN7O/c1-15-22(24)31-21(23(28)30-15)19(32)14-17(25)7-4-2-3-6-16-9-11-18(12-10-16)29-13-5-8-20(26)27/h9-12,25,29H,2-8,13-14H2,1H3,(H3,26,27)(H2,28,30). The lowest BCUT2D eigenvalue weighted by molar-refractivity contribution is 0.0996. The SMILES string of the molecule is Cc1nc(N)c(C(=O)CC(=N)CCCCCc2ccc(NCCCC(=N)N)cc2)nc1Cl. The Hall–Kier alpha value is -3.00. The van der Waals surface area contributed by atoms with Crippen LogP contribution < -0.4 is 16.8 Å². The fourth-order valence-corrected chi connectivity index (χ4v) is 3.36. The van der Waals surface area contributed by atoms with Crippen molar-refractivity contribution in [3.63, 3.8) is 0 Å². The molecule has 0 radical (unpaired) electrons. The number of amidine groups is 1. The summed E-state index contributed by atoms with van der Waals surface area (Å²) in [5.41, 5.74) is 14.4. The van der Waals surface area contributed by atoms with Crippen molar-refractivity contribution in [1.29, 1.82) is 10.8 Å². The van der Waals surface area contributed by atoms with E-state index in [1.54, 1.807) is 6.92 Å². The number of hydrogen-bond donors (Lipinski definition) is 5. The predicted molar refractivity (Wildman–Crippen MR) is 131 cm³/mol. The fraction of sp³-hybridized carbons (Fsp3) is 0.435. The number of benzene rings is 1. The Morgan fingerprint density at radius 3 is 2.47 bits per heavy atom. The van der Waals surface area contributed by atoms with Gasteiger partial charge < -0.3 is 22.2 Å². The maximum absolute atomic E-state index is 12.4. The van der Waals surface area contributed by atoms with Crippen LogP contribution in [0, 0.1) is 17.7 Å². The number of rotatable bonds is 14. The maximum Gasteiger partial charge on any atom is 0.190 e. The highest BCUT2D eigenvalue weighted by atomic mass is 35.5. The van der Waals surface area contributed by atoms with Crippen molar-refractivity contribution in [3.8, 4) is 0 Å². The topological polar surface area (TPSA) is 155 Å². The number of aryl methyl sites for hydroxylation is 2. The third-order valence-electron chi connectivity index (χ3n) is 5.03. The van der Waals surface area contributed by atoms with Crippen molar-refractivity contribution in [2.75, 3.05) is 17.6 Å². The first-order valence-electron chi connectivity index (χ1n) is 10.8. The van der Waals surface area contributed by atoms with Crippen LogP contribution >= 0.6 is 11.6 Å². The summed E-state index contributed by atoms with van der Waals surface area (Å²) in [6, 6.07) is 8.37. The number of carbonyl (C=O) groups excluding carboxylic acids is 1. The monoisotopic (exact) mass is 457 g/mol. The average Bonchev–Trinajstić information content (AvgIpc) is 2.74. The number of nitrogens with zero attached hydrogens (tertiary/aromatic N) is 2. The molecule has 32 heavy (non-hydrogen) atoms. The number of halogens is 1. The molecule has 172 valence electrons. The van der Waals surface area contributed by atoms with E-state index >= 15 is 0 Å². The molecule has 2 rings (SSSR count). The van der Waals surface area contributed by atoms with Gasteiger partial charge in [0, 0.05) is 24.4 Å². The first kappa shape index (κ1) is 25.3. The number of hydrogen-bond acceptors (Lipinski definition) is 7. The Labute approximate surface area is 194 Å². The van der Waals surface area contributed by atoms with Crippen molar-refractivity contribution in [3.05, 3.63) is 46.4 Å². The zero-order valence-corrected chi connectivity index (χ0v) is 19.3. The molecule has 0 bridgehead atoms. The third-order valence-corrected chi connectivity index (χ3v) is 5.39. The number of ketones is 1. The highest BCUT2D eigenvalue weighted by Gasteiger charge is 2.17. The van der Waals surface area contributed by atoms with Crippen LogP contribution in [0.1, 0.15) is 66.7 Å². The Morgan fingerprint density at radius 2 is 1.78 bits per heavy atom. The van der Waals surface area contributed by atoms with Crippen LogP contribution in [-0.4, -0.2) is 33.8 Å². The summed E-state index contributed by atoms with van der Waals surface area (Å²) >= 11 is 5.93. The van der Waals surface area contributed by atoms with Crippen LogP contribution in [0.3, 0.4) is 0 Å². The van der Waals surface area contributed by atoms with Gasteiger partial charge in [-0.15, -0.1) is 0 Å². The van der Waals surface area contributed by atoms with E-state index in [2.05, 4.69) is 39.6 Å². The van der Waals surface area contributed by atoms with Gasteiger partial charge in [0.05, 0.1) is 18.0 Å². The van der Waals surface area contributed by atoms with Gasteiger partial charge >= 0.3 is 0 Å². The Morgan fingerprint density at radius 1 is 1.06 bits per heavy atom. The molecule has 0 spiro atoms. The highest BCUT2D eigenvalue weighted by Crippen LogP contribution is 2.17. The molecule has 0 aliphatic carbocycles. The summed E-state index contributed by atoms with van der Waals surface area (Å²) in [6.45, 7) is 2.47. The van der Waals surface area contributed by atoms with E-state index in [0.29, 0.717) is 24.2 Å². The molecule has 1 heterocycles.